The summed E-state index contributed by atoms with van der Waals surface area (Å²) in [4.78, 5) is 15.1. The van der Waals surface area contributed by atoms with Crippen LogP contribution in [-0.4, -0.2) is 35.5 Å². The molecule has 0 bridgehead atoms. The first-order chi connectivity index (χ1) is 8.13. The van der Waals surface area contributed by atoms with E-state index in [1.54, 1.807) is 18.1 Å². The number of hydrogen-bond donors (Lipinski definition) is 1. The number of carbonyl (C=O) groups excluding carboxylic acids is 1. The topological polar surface area (TPSA) is 55.6 Å². The number of thiocarbonyl (C=S) groups is 1. The van der Waals surface area contributed by atoms with Crippen molar-refractivity contribution in [2.45, 2.75) is 18.9 Å². The Morgan fingerprint density at radius 1 is 1.71 bits per heavy atom. The molecule has 1 aliphatic rings. The first-order valence-electron chi connectivity index (χ1n) is 5.36. The van der Waals surface area contributed by atoms with Crippen LogP contribution in [0.3, 0.4) is 0 Å². The third kappa shape index (κ3) is 2.42. The predicted molar refractivity (Wildman–Crippen MR) is 71.7 cm³/mol. The summed E-state index contributed by atoms with van der Waals surface area (Å²) >= 11 is 6.37. The molecule has 2 heterocycles. The van der Waals surface area contributed by atoms with Crippen LogP contribution in [0.15, 0.2) is 11.4 Å². The van der Waals surface area contributed by atoms with Gasteiger partial charge in [-0.05, 0) is 12.8 Å². The molecular weight excluding hydrogens is 256 g/mol. The highest BCUT2D eigenvalue weighted by Crippen LogP contribution is 2.26. The van der Waals surface area contributed by atoms with Crippen LogP contribution < -0.4 is 10.5 Å². The van der Waals surface area contributed by atoms with Gasteiger partial charge in [-0.2, -0.15) is 0 Å². The smallest absolute Gasteiger partial charge is 0.264 e. The van der Waals surface area contributed by atoms with E-state index in [0.29, 0.717) is 15.6 Å². The molecule has 0 aromatic carbocycles. The second kappa shape index (κ2) is 5.01. The van der Waals surface area contributed by atoms with Gasteiger partial charge in [0.1, 0.15) is 5.75 Å². The average molecular weight is 270 g/mol. The van der Waals surface area contributed by atoms with Gasteiger partial charge < -0.3 is 15.4 Å². The van der Waals surface area contributed by atoms with Crippen molar-refractivity contribution in [3.05, 3.63) is 16.3 Å². The third-order valence-corrected chi connectivity index (χ3v) is 4.03. The SMILES string of the molecule is COc1csc(C(=O)N2CCCC2C(N)=S)c1. The molecule has 2 rings (SSSR count). The van der Waals surface area contributed by atoms with Gasteiger partial charge in [0.25, 0.3) is 5.91 Å². The molecule has 1 aromatic rings. The van der Waals surface area contributed by atoms with E-state index >= 15 is 0 Å². The van der Waals surface area contributed by atoms with Crippen molar-refractivity contribution in [3.63, 3.8) is 0 Å². The number of likely N-dealkylation sites (tertiary alicyclic amines) is 1. The molecule has 0 aliphatic carbocycles. The highest BCUT2D eigenvalue weighted by Gasteiger charge is 2.31. The monoisotopic (exact) mass is 270 g/mol. The number of rotatable bonds is 3. The zero-order valence-corrected chi connectivity index (χ0v) is 11.1. The van der Waals surface area contributed by atoms with Crippen LogP contribution in [0.25, 0.3) is 0 Å². The fraction of sp³-hybridized carbons (Fsp3) is 0.455. The maximum Gasteiger partial charge on any atom is 0.264 e. The highest BCUT2D eigenvalue weighted by atomic mass is 32.1. The Kier molecular flexibility index (Phi) is 3.63. The number of nitrogens with two attached hydrogens (primary N) is 1. The van der Waals surface area contributed by atoms with E-state index in [4.69, 9.17) is 22.7 Å². The Labute approximate surface area is 109 Å². The number of carbonyl (C=O) groups is 1. The summed E-state index contributed by atoms with van der Waals surface area (Å²) in [6, 6.07) is 1.66. The minimum Gasteiger partial charge on any atom is -0.496 e. The fourth-order valence-corrected chi connectivity index (χ4v) is 3.04. The first-order valence-corrected chi connectivity index (χ1v) is 6.65. The Morgan fingerprint density at radius 2 is 2.47 bits per heavy atom. The number of methoxy groups -OCH3 is 1. The lowest BCUT2D eigenvalue weighted by atomic mass is 10.2. The molecule has 6 heteroatoms. The molecular formula is C11H14N2O2S2. The maximum absolute atomic E-state index is 12.3. The number of nitrogens with zero attached hydrogens (tertiary/aromatic N) is 1. The molecule has 1 fully saturated rings. The molecule has 2 N–H and O–H groups in total. The number of amides is 1. The second-order valence-corrected chi connectivity index (χ2v) is 5.29. The largest absolute Gasteiger partial charge is 0.496 e. The van der Waals surface area contributed by atoms with E-state index in [-0.39, 0.29) is 11.9 Å². The van der Waals surface area contributed by atoms with E-state index in [1.165, 1.54) is 11.3 Å². The Bertz CT molecular complexity index is 444. The van der Waals surface area contributed by atoms with Gasteiger partial charge in [0.05, 0.1) is 23.0 Å². The summed E-state index contributed by atoms with van der Waals surface area (Å²) in [6.07, 6.45) is 1.82. The molecule has 1 saturated heterocycles. The lowest BCUT2D eigenvalue weighted by molar-refractivity contribution is 0.0775. The molecule has 0 spiro atoms. The molecule has 0 saturated carbocycles. The zero-order valence-electron chi connectivity index (χ0n) is 9.51. The number of ether oxygens (including phenoxy) is 1. The summed E-state index contributed by atoms with van der Waals surface area (Å²) < 4.78 is 5.07. The molecule has 0 radical (unpaired) electrons. The molecule has 1 atom stereocenters. The van der Waals surface area contributed by atoms with Crippen LogP contribution in [-0.2, 0) is 0 Å². The van der Waals surface area contributed by atoms with Crippen molar-refractivity contribution in [2.75, 3.05) is 13.7 Å². The summed E-state index contributed by atoms with van der Waals surface area (Å²) in [5.41, 5.74) is 5.65. The number of thiophene rings is 1. The highest BCUT2D eigenvalue weighted by molar-refractivity contribution is 7.80. The van der Waals surface area contributed by atoms with Crippen molar-refractivity contribution in [3.8, 4) is 5.75 Å². The van der Waals surface area contributed by atoms with Crippen molar-refractivity contribution in [2.24, 2.45) is 5.73 Å². The molecule has 1 amide bonds. The molecule has 17 heavy (non-hydrogen) atoms. The van der Waals surface area contributed by atoms with Crippen LogP contribution in [0.4, 0.5) is 0 Å². The Balaban J connectivity index is 2.16. The van der Waals surface area contributed by atoms with E-state index in [1.807, 2.05) is 5.38 Å². The zero-order chi connectivity index (χ0) is 12.4. The van der Waals surface area contributed by atoms with Crippen molar-refractivity contribution < 1.29 is 9.53 Å². The van der Waals surface area contributed by atoms with Crippen molar-refractivity contribution in [1.29, 1.82) is 0 Å². The van der Waals surface area contributed by atoms with Crippen LogP contribution in [0.2, 0.25) is 0 Å². The summed E-state index contributed by atoms with van der Waals surface area (Å²) in [6.45, 7) is 0.723. The van der Waals surface area contributed by atoms with Crippen LogP contribution >= 0.6 is 23.6 Å². The summed E-state index contributed by atoms with van der Waals surface area (Å²) in [5, 5.41) is 1.82. The van der Waals surface area contributed by atoms with Crippen molar-refractivity contribution in [1.82, 2.24) is 4.90 Å². The quantitative estimate of drug-likeness (QED) is 0.849. The van der Waals surface area contributed by atoms with Gasteiger partial charge in [-0.15, -0.1) is 11.3 Å². The van der Waals surface area contributed by atoms with Crippen LogP contribution in [0.1, 0.15) is 22.5 Å². The van der Waals surface area contributed by atoms with Gasteiger partial charge in [0.2, 0.25) is 0 Å². The van der Waals surface area contributed by atoms with Gasteiger partial charge in [0, 0.05) is 18.0 Å². The normalized spacial score (nSPS) is 19.4. The number of hydrogen-bond acceptors (Lipinski definition) is 4. The summed E-state index contributed by atoms with van der Waals surface area (Å²) in [5.74, 6) is 0.707. The standard InChI is InChI=1S/C11H14N2O2S2/c1-15-7-5-9(17-6-7)11(14)13-4-2-3-8(13)10(12)16/h5-6,8H,2-4H2,1H3,(H2,12,16). The third-order valence-electron chi connectivity index (χ3n) is 2.86. The van der Waals surface area contributed by atoms with E-state index in [0.717, 1.165) is 19.4 Å². The van der Waals surface area contributed by atoms with E-state index in [9.17, 15) is 4.79 Å². The molecule has 1 unspecified atom stereocenters. The van der Waals surface area contributed by atoms with E-state index < -0.39 is 0 Å². The van der Waals surface area contributed by atoms with Gasteiger partial charge in [0.15, 0.2) is 0 Å². The summed E-state index contributed by atoms with van der Waals surface area (Å²) in [7, 11) is 1.59. The Morgan fingerprint density at radius 3 is 3.06 bits per heavy atom. The fourth-order valence-electron chi connectivity index (χ4n) is 1.99. The maximum atomic E-state index is 12.3. The minimum absolute atomic E-state index is 0.00593. The molecule has 4 nitrogen and oxygen atoms in total. The molecule has 1 aliphatic heterocycles. The lowest BCUT2D eigenvalue weighted by Gasteiger charge is -2.22. The van der Waals surface area contributed by atoms with Gasteiger partial charge >= 0.3 is 0 Å². The Hall–Kier alpha value is -1.14. The van der Waals surface area contributed by atoms with Gasteiger partial charge in [-0.3, -0.25) is 4.79 Å². The molecule has 92 valence electrons. The van der Waals surface area contributed by atoms with Gasteiger partial charge in [-0.1, -0.05) is 12.2 Å². The van der Waals surface area contributed by atoms with Crippen LogP contribution in [0, 0.1) is 0 Å². The van der Waals surface area contributed by atoms with E-state index in [2.05, 4.69) is 0 Å². The second-order valence-electron chi connectivity index (χ2n) is 3.91. The lowest BCUT2D eigenvalue weighted by Crippen LogP contribution is -2.42. The minimum atomic E-state index is -0.0920. The average Bonchev–Trinajstić information content (AvgIpc) is 2.97. The van der Waals surface area contributed by atoms with Gasteiger partial charge in [-0.25, -0.2) is 0 Å². The van der Waals surface area contributed by atoms with Crippen molar-refractivity contribution >= 4 is 34.5 Å². The van der Waals surface area contributed by atoms with Crippen LogP contribution in [0.5, 0.6) is 5.75 Å². The first kappa shape index (κ1) is 12.3. The predicted octanol–water partition coefficient (Wildman–Crippen LogP) is 1.65. The molecule has 1 aromatic heterocycles.